The molecule has 0 spiro atoms. The molecule has 0 radical (unpaired) electrons. The third-order valence-corrected chi connectivity index (χ3v) is 5.20. The van der Waals surface area contributed by atoms with E-state index < -0.39 is 5.91 Å². The zero-order valence-electron chi connectivity index (χ0n) is 18.1. The molecule has 0 fully saturated rings. The smallest absolute Gasteiger partial charge is 0.292 e. The maximum Gasteiger partial charge on any atom is 0.292 e. The molecule has 0 bridgehead atoms. The number of methoxy groups -OCH3 is 1. The molecule has 4 rings (SSSR count). The van der Waals surface area contributed by atoms with Crippen LogP contribution in [0.4, 0.5) is 5.82 Å². The van der Waals surface area contributed by atoms with Crippen molar-refractivity contribution < 1.29 is 18.9 Å². The molecule has 13 heteroatoms. The maximum absolute atomic E-state index is 12.7. The SMILES string of the molecule is COc1cc(/C=N\NC(=O)c2c(C)nnn2-c2nonc2N)cc(Br)c1OCc1ccccc1. The molecule has 2 aromatic carbocycles. The van der Waals surface area contributed by atoms with E-state index in [1.807, 2.05) is 30.3 Å². The summed E-state index contributed by atoms with van der Waals surface area (Å²) in [5.41, 5.74) is 10.2. The number of halogens is 1. The lowest BCUT2D eigenvalue weighted by molar-refractivity contribution is 0.0946. The van der Waals surface area contributed by atoms with Crippen molar-refractivity contribution in [3.8, 4) is 17.3 Å². The first-order chi connectivity index (χ1) is 16.5. The summed E-state index contributed by atoms with van der Waals surface area (Å²) in [6.45, 7) is 1.99. The molecule has 1 amide bonds. The standard InChI is InChI=1S/C21H19BrN8O4/c1-12-17(30(29-25-12)20-19(23)27-34-28-20)21(31)26-24-10-14-8-15(22)18(16(9-14)32-2)33-11-13-6-4-3-5-7-13/h3-10H,11H2,1-2H3,(H2,23,27)(H,26,31)/b24-10-. The molecular weight excluding hydrogens is 508 g/mol. The lowest BCUT2D eigenvalue weighted by Gasteiger charge is -2.13. The van der Waals surface area contributed by atoms with Crippen molar-refractivity contribution in [1.29, 1.82) is 0 Å². The fraction of sp³-hybridized carbons (Fsp3) is 0.143. The highest BCUT2D eigenvalue weighted by Gasteiger charge is 2.22. The van der Waals surface area contributed by atoms with Crippen LogP contribution in [0.1, 0.15) is 27.3 Å². The van der Waals surface area contributed by atoms with E-state index in [4.69, 9.17) is 15.2 Å². The molecule has 12 nitrogen and oxygen atoms in total. The molecule has 34 heavy (non-hydrogen) atoms. The Morgan fingerprint density at radius 3 is 2.79 bits per heavy atom. The molecule has 4 aromatic rings. The highest BCUT2D eigenvalue weighted by molar-refractivity contribution is 9.10. The van der Waals surface area contributed by atoms with Crippen LogP contribution in [-0.2, 0) is 6.61 Å². The Morgan fingerprint density at radius 2 is 2.09 bits per heavy atom. The van der Waals surface area contributed by atoms with Gasteiger partial charge in [0.25, 0.3) is 5.91 Å². The summed E-state index contributed by atoms with van der Waals surface area (Å²) in [6, 6.07) is 13.3. The van der Waals surface area contributed by atoms with Gasteiger partial charge < -0.3 is 15.2 Å². The number of hydrogen-bond acceptors (Lipinski definition) is 10. The average Bonchev–Trinajstić information content (AvgIpc) is 3.43. The zero-order chi connectivity index (χ0) is 24.1. The summed E-state index contributed by atoms with van der Waals surface area (Å²) >= 11 is 3.51. The van der Waals surface area contributed by atoms with Crippen LogP contribution in [-0.4, -0.2) is 44.5 Å². The van der Waals surface area contributed by atoms with Crippen LogP contribution >= 0.6 is 15.9 Å². The van der Waals surface area contributed by atoms with Crippen molar-refractivity contribution in [2.45, 2.75) is 13.5 Å². The lowest BCUT2D eigenvalue weighted by atomic mass is 10.2. The third-order valence-electron chi connectivity index (χ3n) is 4.61. The number of amides is 1. The number of rotatable bonds is 8. The number of nitrogens with zero attached hydrogens (tertiary/aromatic N) is 6. The Morgan fingerprint density at radius 1 is 1.29 bits per heavy atom. The average molecular weight is 527 g/mol. The minimum absolute atomic E-state index is 0.0334. The molecule has 0 saturated heterocycles. The highest BCUT2D eigenvalue weighted by Crippen LogP contribution is 2.36. The molecule has 0 saturated carbocycles. The van der Waals surface area contributed by atoms with Gasteiger partial charge in [0.1, 0.15) is 6.61 Å². The summed E-state index contributed by atoms with van der Waals surface area (Å²) in [4.78, 5) is 12.7. The second-order valence-electron chi connectivity index (χ2n) is 6.92. The number of nitrogens with one attached hydrogen (secondary N) is 1. The van der Waals surface area contributed by atoms with E-state index in [-0.39, 0.29) is 17.3 Å². The first kappa shape index (κ1) is 22.9. The molecule has 0 aliphatic heterocycles. The Balaban J connectivity index is 1.48. The molecule has 0 atom stereocenters. The number of carbonyl (C=O) groups is 1. The Hall–Kier alpha value is -4.26. The Bertz CT molecular complexity index is 1340. The predicted octanol–water partition coefficient (Wildman–Crippen LogP) is 2.65. The fourth-order valence-electron chi connectivity index (χ4n) is 3.01. The van der Waals surface area contributed by atoms with Gasteiger partial charge in [-0.1, -0.05) is 35.5 Å². The lowest BCUT2D eigenvalue weighted by Crippen LogP contribution is -2.22. The molecule has 2 heterocycles. The van der Waals surface area contributed by atoms with Crippen LogP contribution in [0.25, 0.3) is 5.82 Å². The molecule has 174 valence electrons. The molecule has 2 aromatic heterocycles. The number of hydrazone groups is 1. The molecule has 0 unspecified atom stereocenters. The van der Waals surface area contributed by atoms with Crippen molar-refractivity contribution in [2.75, 3.05) is 12.8 Å². The van der Waals surface area contributed by atoms with Crippen LogP contribution in [0.3, 0.4) is 0 Å². The number of benzene rings is 2. The van der Waals surface area contributed by atoms with Crippen LogP contribution in [0.5, 0.6) is 11.5 Å². The summed E-state index contributed by atoms with van der Waals surface area (Å²) in [5, 5.41) is 18.9. The monoisotopic (exact) mass is 526 g/mol. The van der Waals surface area contributed by atoms with Gasteiger partial charge in [-0.3, -0.25) is 4.79 Å². The molecule has 0 aliphatic carbocycles. The van der Waals surface area contributed by atoms with Crippen molar-refractivity contribution >= 4 is 33.9 Å². The van der Waals surface area contributed by atoms with E-state index in [9.17, 15) is 4.79 Å². The Kier molecular flexibility index (Phi) is 6.82. The van der Waals surface area contributed by atoms with Gasteiger partial charge in [0.05, 0.1) is 23.5 Å². The van der Waals surface area contributed by atoms with Crippen LogP contribution in [0.2, 0.25) is 0 Å². The number of aromatic nitrogens is 5. The van der Waals surface area contributed by atoms with Gasteiger partial charge >= 0.3 is 0 Å². The van der Waals surface area contributed by atoms with Gasteiger partial charge in [-0.25, -0.2) is 10.1 Å². The summed E-state index contributed by atoms with van der Waals surface area (Å²) in [7, 11) is 1.54. The predicted molar refractivity (Wildman–Crippen MR) is 125 cm³/mol. The summed E-state index contributed by atoms with van der Waals surface area (Å²) < 4.78 is 17.8. The second-order valence-corrected chi connectivity index (χ2v) is 7.77. The van der Waals surface area contributed by atoms with E-state index in [1.165, 1.54) is 6.21 Å². The minimum atomic E-state index is -0.574. The number of nitrogen functional groups attached to an aromatic ring is 1. The highest BCUT2D eigenvalue weighted by atomic mass is 79.9. The summed E-state index contributed by atoms with van der Waals surface area (Å²) in [5.74, 6) is 0.501. The summed E-state index contributed by atoms with van der Waals surface area (Å²) in [6.07, 6.45) is 1.46. The van der Waals surface area contributed by atoms with Gasteiger partial charge in [-0.05, 0) is 56.4 Å². The first-order valence-electron chi connectivity index (χ1n) is 9.86. The van der Waals surface area contributed by atoms with Crippen molar-refractivity contribution in [1.82, 2.24) is 30.7 Å². The second kappa shape index (κ2) is 10.1. The van der Waals surface area contributed by atoms with E-state index in [0.717, 1.165) is 10.2 Å². The van der Waals surface area contributed by atoms with E-state index in [1.54, 1.807) is 26.2 Å². The number of aryl methyl sites for hydroxylation is 1. The normalized spacial score (nSPS) is 11.0. The number of nitrogens with two attached hydrogens (primary N) is 1. The maximum atomic E-state index is 12.7. The van der Waals surface area contributed by atoms with Gasteiger partial charge in [-0.2, -0.15) is 9.78 Å². The first-order valence-corrected chi connectivity index (χ1v) is 10.7. The van der Waals surface area contributed by atoms with Gasteiger partial charge in [-0.15, -0.1) is 5.10 Å². The fourth-order valence-corrected chi connectivity index (χ4v) is 3.58. The van der Waals surface area contributed by atoms with Crippen molar-refractivity contribution in [2.24, 2.45) is 5.10 Å². The Labute approximate surface area is 201 Å². The molecule has 0 aliphatic rings. The number of ether oxygens (including phenoxy) is 2. The third kappa shape index (κ3) is 4.88. The van der Waals surface area contributed by atoms with Crippen LogP contribution in [0.15, 0.2) is 56.7 Å². The number of hydrogen-bond donors (Lipinski definition) is 2. The van der Waals surface area contributed by atoms with Crippen molar-refractivity contribution in [3.63, 3.8) is 0 Å². The van der Waals surface area contributed by atoms with E-state index >= 15 is 0 Å². The van der Waals surface area contributed by atoms with Gasteiger partial charge in [0.15, 0.2) is 17.2 Å². The topological polar surface area (TPSA) is 156 Å². The number of carbonyl (C=O) groups excluding carboxylic acids is 1. The van der Waals surface area contributed by atoms with Crippen LogP contribution < -0.4 is 20.6 Å². The van der Waals surface area contributed by atoms with Crippen molar-refractivity contribution in [3.05, 3.63) is 69.5 Å². The molecule has 3 N–H and O–H groups in total. The van der Waals surface area contributed by atoms with E-state index in [2.05, 4.69) is 51.7 Å². The van der Waals surface area contributed by atoms with Crippen LogP contribution in [0, 0.1) is 6.92 Å². The van der Waals surface area contributed by atoms with E-state index in [0.29, 0.717) is 33.8 Å². The quantitative estimate of drug-likeness (QED) is 0.260. The molecular formula is C21H19BrN8O4. The van der Waals surface area contributed by atoms with Gasteiger partial charge in [0.2, 0.25) is 11.6 Å². The zero-order valence-corrected chi connectivity index (χ0v) is 19.7. The van der Waals surface area contributed by atoms with Gasteiger partial charge in [0, 0.05) is 0 Å². The number of anilines is 1. The minimum Gasteiger partial charge on any atom is -0.493 e. The largest absolute Gasteiger partial charge is 0.493 e.